The Morgan fingerprint density at radius 1 is 1.04 bits per heavy atom. The first kappa shape index (κ1) is 15.9. The van der Waals surface area contributed by atoms with E-state index >= 15 is 0 Å². The molecule has 1 atom stereocenters. The quantitative estimate of drug-likeness (QED) is 0.843. The van der Waals surface area contributed by atoms with E-state index < -0.39 is 6.04 Å². The van der Waals surface area contributed by atoms with Gasteiger partial charge in [-0.25, -0.2) is 4.79 Å². The molecule has 0 aliphatic carbocycles. The lowest BCUT2D eigenvalue weighted by atomic mass is 9.96. The lowest BCUT2D eigenvalue weighted by molar-refractivity contribution is -0.114. The Balaban J connectivity index is 1.77. The molecule has 25 heavy (non-hydrogen) atoms. The second-order valence-electron chi connectivity index (χ2n) is 6.08. The highest BCUT2D eigenvalue weighted by atomic mass is 79.9. The standard InChI is InChI=1S/C19H16BrN3O2/c1-22-15-11-23(14-5-3-2-4-6-14)18(24)16(15)17(21-19(22)25)12-7-9-13(20)10-8-12/h2-10,17H,11H2,1H3,(H,21,25)/t17-/m0/s1. The van der Waals surface area contributed by atoms with Gasteiger partial charge in [0.05, 0.1) is 23.9 Å². The van der Waals surface area contributed by atoms with Crippen LogP contribution in [0.25, 0.3) is 0 Å². The molecule has 2 aromatic rings. The maximum atomic E-state index is 13.1. The maximum absolute atomic E-state index is 13.1. The topological polar surface area (TPSA) is 52.7 Å². The van der Waals surface area contributed by atoms with Gasteiger partial charge in [0, 0.05) is 17.2 Å². The molecule has 0 radical (unpaired) electrons. The maximum Gasteiger partial charge on any atom is 0.322 e. The lowest BCUT2D eigenvalue weighted by Gasteiger charge is -2.31. The van der Waals surface area contributed by atoms with Gasteiger partial charge in [-0.1, -0.05) is 46.3 Å². The number of carbonyl (C=O) groups excluding carboxylic acids is 2. The van der Waals surface area contributed by atoms with Gasteiger partial charge in [-0.05, 0) is 29.8 Å². The van der Waals surface area contributed by atoms with Crippen LogP contribution >= 0.6 is 15.9 Å². The molecule has 0 fully saturated rings. The normalized spacial score (nSPS) is 20.0. The van der Waals surface area contributed by atoms with Crippen molar-refractivity contribution in [2.75, 3.05) is 18.5 Å². The van der Waals surface area contributed by atoms with E-state index in [0.717, 1.165) is 21.4 Å². The molecule has 2 aliphatic rings. The second kappa shape index (κ2) is 6.04. The van der Waals surface area contributed by atoms with Crippen LogP contribution in [0.15, 0.2) is 70.3 Å². The van der Waals surface area contributed by atoms with Crippen molar-refractivity contribution in [2.45, 2.75) is 6.04 Å². The molecule has 2 heterocycles. The zero-order chi connectivity index (χ0) is 17.6. The number of hydrogen-bond acceptors (Lipinski definition) is 2. The van der Waals surface area contributed by atoms with E-state index in [1.165, 1.54) is 4.90 Å². The molecule has 5 nitrogen and oxygen atoms in total. The first-order chi connectivity index (χ1) is 12.1. The SMILES string of the molecule is CN1C(=O)N[C@@H](c2ccc(Br)cc2)C2=C1CN(c1ccccc1)C2=O. The van der Waals surface area contributed by atoms with Gasteiger partial charge in [0.2, 0.25) is 0 Å². The molecule has 2 aromatic carbocycles. The Morgan fingerprint density at radius 2 is 1.72 bits per heavy atom. The molecular weight excluding hydrogens is 382 g/mol. The van der Waals surface area contributed by atoms with Crippen molar-refractivity contribution in [2.24, 2.45) is 0 Å². The van der Waals surface area contributed by atoms with Gasteiger partial charge in [-0.2, -0.15) is 0 Å². The summed E-state index contributed by atoms with van der Waals surface area (Å²) < 4.78 is 0.952. The Kier molecular flexibility index (Phi) is 3.84. The molecule has 0 aromatic heterocycles. The summed E-state index contributed by atoms with van der Waals surface area (Å²) >= 11 is 3.42. The zero-order valence-corrected chi connectivity index (χ0v) is 15.2. The summed E-state index contributed by atoms with van der Waals surface area (Å²) in [5, 5.41) is 2.94. The average Bonchev–Trinajstić information content (AvgIpc) is 2.97. The van der Waals surface area contributed by atoms with Crippen molar-refractivity contribution < 1.29 is 9.59 Å². The number of nitrogens with zero attached hydrogens (tertiary/aromatic N) is 2. The van der Waals surface area contributed by atoms with E-state index in [0.29, 0.717) is 12.1 Å². The number of benzene rings is 2. The predicted octanol–water partition coefficient (Wildman–Crippen LogP) is 3.45. The van der Waals surface area contributed by atoms with Crippen molar-refractivity contribution in [1.29, 1.82) is 0 Å². The summed E-state index contributed by atoms with van der Waals surface area (Å²) in [5.74, 6) is -0.0685. The second-order valence-corrected chi connectivity index (χ2v) is 7.00. The molecule has 126 valence electrons. The average molecular weight is 398 g/mol. The number of urea groups is 1. The third-order valence-electron chi connectivity index (χ3n) is 4.63. The third-order valence-corrected chi connectivity index (χ3v) is 5.16. The van der Waals surface area contributed by atoms with Gasteiger partial charge < -0.3 is 10.2 Å². The Labute approximate surface area is 154 Å². The minimum absolute atomic E-state index is 0.0685. The van der Waals surface area contributed by atoms with Gasteiger partial charge in [-0.3, -0.25) is 9.69 Å². The van der Waals surface area contributed by atoms with E-state index in [9.17, 15) is 9.59 Å². The molecule has 0 saturated carbocycles. The van der Waals surface area contributed by atoms with Crippen LogP contribution in [0.5, 0.6) is 0 Å². The Bertz CT molecular complexity index is 877. The third kappa shape index (κ3) is 2.62. The monoisotopic (exact) mass is 397 g/mol. The summed E-state index contributed by atoms with van der Waals surface area (Å²) in [6.45, 7) is 0.398. The van der Waals surface area contributed by atoms with Crippen LogP contribution in [0.3, 0.4) is 0 Å². The number of anilines is 1. The summed E-state index contributed by atoms with van der Waals surface area (Å²) in [5.41, 5.74) is 3.11. The van der Waals surface area contributed by atoms with Crippen molar-refractivity contribution in [3.63, 3.8) is 0 Å². The van der Waals surface area contributed by atoms with E-state index in [1.807, 2.05) is 54.6 Å². The highest BCUT2D eigenvalue weighted by molar-refractivity contribution is 9.10. The smallest absolute Gasteiger partial charge is 0.322 e. The largest absolute Gasteiger partial charge is 0.327 e. The van der Waals surface area contributed by atoms with Crippen LogP contribution in [0.1, 0.15) is 11.6 Å². The van der Waals surface area contributed by atoms with Gasteiger partial charge >= 0.3 is 6.03 Å². The minimum Gasteiger partial charge on any atom is -0.327 e. The van der Waals surface area contributed by atoms with Crippen molar-refractivity contribution in [3.8, 4) is 0 Å². The van der Waals surface area contributed by atoms with Crippen LogP contribution in [0.4, 0.5) is 10.5 Å². The Morgan fingerprint density at radius 3 is 2.40 bits per heavy atom. The van der Waals surface area contributed by atoms with Gasteiger partial charge in [0.15, 0.2) is 0 Å². The van der Waals surface area contributed by atoms with Crippen molar-refractivity contribution in [1.82, 2.24) is 10.2 Å². The van der Waals surface area contributed by atoms with Crippen molar-refractivity contribution in [3.05, 3.63) is 75.9 Å². The summed E-state index contributed by atoms with van der Waals surface area (Å²) in [6, 6.07) is 16.6. The molecule has 4 rings (SSSR count). The molecule has 0 saturated heterocycles. The molecule has 0 unspecified atom stereocenters. The summed E-state index contributed by atoms with van der Waals surface area (Å²) in [4.78, 5) is 28.8. The zero-order valence-electron chi connectivity index (χ0n) is 13.6. The van der Waals surface area contributed by atoms with Gasteiger partial charge in [-0.15, -0.1) is 0 Å². The van der Waals surface area contributed by atoms with Crippen molar-refractivity contribution >= 4 is 33.6 Å². The Hall–Kier alpha value is -2.60. The molecular formula is C19H16BrN3O2. The fourth-order valence-electron chi connectivity index (χ4n) is 3.29. The number of nitrogens with one attached hydrogen (secondary N) is 1. The van der Waals surface area contributed by atoms with Crippen LogP contribution in [0.2, 0.25) is 0 Å². The molecule has 1 N–H and O–H groups in total. The summed E-state index contributed by atoms with van der Waals surface area (Å²) in [7, 11) is 1.70. The fourth-order valence-corrected chi connectivity index (χ4v) is 3.55. The first-order valence-corrected chi connectivity index (χ1v) is 8.75. The number of amides is 3. The fraction of sp³-hybridized carbons (Fsp3) is 0.158. The van der Waals surface area contributed by atoms with E-state index in [2.05, 4.69) is 21.2 Å². The number of likely N-dealkylation sites (N-methyl/N-ethyl adjacent to an activating group) is 1. The lowest BCUT2D eigenvalue weighted by Crippen LogP contribution is -2.45. The van der Waals surface area contributed by atoms with Gasteiger partial charge in [0.1, 0.15) is 0 Å². The summed E-state index contributed by atoms with van der Waals surface area (Å²) in [6.07, 6.45) is 0. The highest BCUT2D eigenvalue weighted by Gasteiger charge is 2.43. The van der Waals surface area contributed by atoms with Crippen LogP contribution in [0, 0.1) is 0 Å². The first-order valence-electron chi connectivity index (χ1n) is 7.96. The van der Waals surface area contributed by atoms with Gasteiger partial charge in [0.25, 0.3) is 5.91 Å². The molecule has 0 spiro atoms. The molecule has 2 aliphatic heterocycles. The number of carbonyl (C=O) groups is 2. The molecule has 3 amide bonds. The van der Waals surface area contributed by atoms with E-state index in [-0.39, 0.29) is 11.9 Å². The van der Waals surface area contributed by atoms with Crippen LogP contribution < -0.4 is 10.2 Å². The number of para-hydroxylation sites is 1. The van der Waals surface area contributed by atoms with E-state index in [4.69, 9.17) is 0 Å². The van der Waals surface area contributed by atoms with Crippen LogP contribution in [-0.4, -0.2) is 30.4 Å². The molecule has 6 heteroatoms. The minimum atomic E-state index is -0.437. The predicted molar refractivity (Wildman–Crippen MR) is 99.0 cm³/mol. The van der Waals surface area contributed by atoms with Crippen LogP contribution in [-0.2, 0) is 4.79 Å². The number of rotatable bonds is 2. The van der Waals surface area contributed by atoms with E-state index in [1.54, 1.807) is 11.9 Å². The number of hydrogen-bond donors (Lipinski definition) is 1. The highest BCUT2D eigenvalue weighted by Crippen LogP contribution is 2.37. The molecule has 0 bridgehead atoms. The number of halogens is 1.